The van der Waals surface area contributed by atoms with Crippen molar-refractivity contribution in [3.05, 3.63) is 84.2 Å². The minimum atomic E-state index is -0.628. The van der Waals surface area contributed by atoms with Gasteiger partial charge in [0.1, 0.15) is 24.0 Å². The van der Waals surface area contributed by atoms with E-state index in [1.54, 1.807) is 24.3 Å². The molecule has 1 fully saturated rings. The molecular formula is C30H37F2N5O2. The third-order valence-electron chi connectivity index (χ3n) is 6.33. The van der Waals surface area contributed by atoms with Crippen LogP contribution in [0.1, 0.15) is 33.6 Å². The van der Waals surface area contributed by atoms with Gasteiger partial charge in [0.05, 0.1) is 6.21 Å². The summed E-state index contributed by atoms with van der Waals surface area (Å²) in [7, 11) is 0. The molecule has 0 radical (unpaired) electrons. The minimum Gasteiger partial charge on any atom is -0.459 e. The van der Waals surface area contributed by atoms with Gasteiger partial charge in [0.25, 0.3) is 0 Å². The molecule has 1 heterocycles. The third-order valence-corrected chi connectivity index (χ3v) is 6.33. The first kappa shape index (κ1) is 29.6. The van der Waals surface area contributed by atoms with E-state index in [-0.39, 0.29) is 18.3 Å². The predicted molar refractivity (Wildman–Crippen MR) is 156 cm³/mol. The molecule has 0 spiro atoms. The minimum absolute atomic E-state index is 0.0341. The number of carbonyl (C=O) groups is 1. The van der Waals surface area contributed by atoms with Crippen molar-refractivity contribution in [1.82, 2.24) is 4.90 Å². The Morgan fingerprint density at radius 2 is 1.90 bits per heavy atom. The number of aliphatic imine (C=N–C) groups is 1. The molecule has 0 aromatic heterocycles. The first-order valence-corrected chi connectivity index (χ1v) is 13.0. The van der Waals surface area contributed by atoms with E-state index in [1.165, 1.54) is 6.92 Å². The van der Waals surface area contributed by atoms with Crippen molar-refractivity contribution in [1.29, 1.82) is 0 Å². The highest BCUT2D eigenvalue weighted by molar-refractivity contribution is 5.98. The first-order chi connectivity index (χ1) is 18.8. The number of likely N-dealkylation sites (tertiary alicyclic amines) is 1. The monoisotopic (exact) mass is 537 g/mol. The Labute approximate surface area is 229 Å². The van der Waals surface area contributed by atoms with E-state index in [0.717, 1.165) is 55.2 Å². The summed E-state index contributed by atoms with van der Waals surface area (Å²) in [5, 5.41) is 9.42. The van der Waals surface area contributed by atoms with Crippen LogP contribution in [0.25, 0.3) is 0 Å². The summed E-state index contributed by atoms with van der Waals surface area (Å²) in [6, 6.07) is 14.8. The number of rotatable bonds is 13. The van der Waals surface area contributed by atoms with E-state index in [4.69, 9.17) is 4.74 Å². The van der Waals surface area contributed by atoms with Crippen LogP contribution in [0.4, 0.5) is 25.8 Å². The second-order valence-corrected chi connectivity index (χ2v) is 9.29. The van der Waals surface area contributed by atoms with Crippen LogP contribution in [0.15, 0.2) is 89.2 Å². The summed E-state index contributed by atoms with van der Waals surface area (Å²) >= 11 is 0. The maximum Gasteiger partial charge on any atom is 0.247 e. The van der Waals surface area contributed by atoms with Crippen LogP contribution < -0.4 is 20.7 Å². The van der Waals surface area contributed by atoms with Crippen LogP contribution >= 0.6 is 0 Å². The Balaban J connectivity index is 1.63. The van der Waals surface area contributed by atoms with Gasteiger partial charge < -0.3 is 20.7 Å². The van der Waals surface area contributed by atoms with Gasteiger partial charge in [0, 0.05) is 48.8 Å². The van der Waals surface area contributed by atoms with Crippen LogP contribution in [0, 0.1) is 0 Å². The van der Waals surface area contributed by atoms with Gasteiger partial charge in [-0.1, -0.05) is 19.6 Å². The molecule has 0 aliphatic carbocycles. The predicted octanol–water partition coefficient (Wildman–Crippen LogP) is 6.67. The fourth-order valence-electron chi connectivity index (χ4n) is 3.98. The Morgan fingerprint density at radius 1 is 1.15 bits per heavy atom. The Kier molecular flexibility index (Phi) is 11.2. The van der Waals surface area contributed by atoms with Crippen LogP contribution in [0.3, 0.4) is 0 Å². The van der Waals surface area contributed by atoms with E-state index in [9.17, 15) is 13.6 Å². The zero-order valence-electron chi connectivity index (χ0n) is 22.8. The molecule has 7 nitrogen and oxygen atoms in total. The smallest absolute Gasteiger partial charge is 0.247 e. The number of hydrogen-bond acceptors (Lipinski definition) is 6. The van der Waals surface area contributed by atoms with Crippen LogP contribution in [-0.2, 0) is 4.79 Å². The molecule has 1 unspecified atom stereocenters. The van der Waals surface area contributed by atoms with E-state index < -0.39 is 5.83 Å². The van der Waals surface area contributed by atoms with E-state index in [2.05, 4.69) is 32.4 Å². The molecule has 0 saturated carbocycles. The lowest BCUT2D eigenvalue weighted by Gasteiger charge is -2.16. The SMILES string of the molecule is C=CC(=O)Nc1cccc(O/C(C)=C(F)/C=N/C(Nc2ccc(NC3CCN(CCF)C3)cc2)=C(\C)CC)c1. The number of hydrogen-bond donors (Lipinski definition) is 3. The number of ether oxygens (including phenoxy) is 1. The molecule has 1 aliphatic heterocycles. The molecule has 9 heteroatoms. The summed E-state index contributed by atoms with van der Waals surface area (Å²) < 4.78 is 33.1. The topological polar surface area (TPSA) is 78.0 Å². The van der Waals surface area contributed by atoms with E-state index in [1.807, 2.05) is 38.1 Å². The number of halogens is 2. The second-order valence-electron chi connectivity index (χ2n) is 9.29. The molecule has 208 valence electrons. The molecule has 3 N–H and O–H groups in total. The van der Waals surface area contributed by atoms with Crippen LogP contribution in [-0.4, -0.2) is 49.4 Å². The largest absolute Gasteiger partial charge is 0.459 e. The van der Waals surface area contributed by atoms with Crippen molar-refractivity contribution in [2.24, 2.45) is 4.99 Å². The summed E-state index contributed by atoms with van der Waals surface area (Å²) in [5.74, 6) is -0.0218. The zero-order chi connectivity index (χ0) is 28.2. The average Bonchev–Trinajstić information content (AvgIpc) is 3.38. The van der Waals surface area contributed by atoms with Gasteiger partial charge in [-0.15, -0.1) is 0 Å². The molecule has 2 aromatic rings. The molecular weight excluding hydrogens is 500 g/mol. The zero-order valence-corrected chi connectivity index (χ0v) is 22.8. The maximum absolute atomic E-state index is 14.9. The number of nitrogens with zero attached hydrogens (tertiary/aromatic N) is 2. The van der Waals surface area contributed by atoms with Crippen molar-refractivity contribution >= 4 is 29.2 Å². The molecule has 0 bridgehead atoms. The van der Waals surface area contributed by atoms with Crippen molar-refractivity contribution in [2.75, 3.05) is 42.3 Å². The number of allylic oxidation sites excluding steroid dienone is 3. The van der Waals surface area contributed by atoms with Gasteiger partial charge in [-0.3, -0.25) is 9.69 Å². The Hall–Kier alpha value is -3.98. The van der Waals surface area contributed by atoms with Gasteiger partial charge in [0.15, 0.2) is 5.83 Å². The third kappa shape index (κ3) is 9.37. The number of nitrogens with one attached hydrogen (secondary N) is 3. The molecule has 2 aromatic carbocycles. The quantitative estimate of drug-likeness (QED) is 0.151. The highest BCUT2D eigenvalue weighted by atomic mass is 19.1. The highest BCUT2D eigenvalue weighted by Crippen LogP contribution is 2.23. The lowest BCUT2D eigenvalue weighted by atomic mass is 10.2. The first-order valence-electron chi connectivity index (χ1n) is 13.0. The van der Waals surface area contributed by atoms with Crippen molar-refractivity contribution in [3.8, 4) is 5.75 Å². The maximum atomic E-state index is 14.9. The Morgan fingerprint density at radius 3 is 2.59 bits per heavy atom. The number of benzene rings is 2. The summed E-state index contributed by atoms with van der Waals surface area (Å²) in [5.41, 5.74) is 3.28. The molecule has 1 aliphatic rings. The van der Waals surface area contributed by atoms with Gasteiger partial charge in [0.2, 0.25) is 5.91 Å². The summed E-state index contributed by atoms with van der Waals surface area (Å²) in [6.07, 6.45) is 4.01. The standard InChI is InChI=1S/C30H37F2N5O2/c1-5-21(3)30(36-24-12-10-23(11-13-24)34-26-14-16-37(20-26)17-15-31)33-19-28(32)22(4)39-27-9-7-8-25(18-27)35-29(38)6-2/h6-13,18-19,26,34,36H,2,5,14-17,20H2,1,3-4H3,(H,35,38)/b28-22-,30-21-,33-19+. The fourth-order valence-corrected chi connectivity index (χ4v) is 3.98. The lowest BCUT2D eigenvalue weighted by Crippen LogP contribution is -2.27. The highest BCUT2D eigenvalue weighted by Gasteiger charge is 2.21. The van der Waals surface area contributed by atoms with Gasteiger partial charge in [-0.2, -0.15) is 0 Å². The second kappa shape index (κ2) is 14.8. The summed E-state index contributed by atoms with van der Waals surface area (Å²) in [4.78, 5) is 18.0. The lowest BCUT2D eigenvalue weighted by molar-refractivity contribution is -0.111. The molecule has 39 heavy (non-hydrogen) atoms. The molecule has 1 saturated heterocycles. The van der Waals surface area contributed by atoms with Crippen LogP contribution in [0.5, 0.6) is 5.75 Å². The number of carbonyl (C=O) groups excluding carboxylic acids is 1. The van der Waals surface area contributed by atoms with Crippen molar-refractivity contribution in [2.45, 2.75) is 39.7 Å². The normalized spacial score (nSPS) is 16.9. The van der Waals surface area contributed by atoms with E-state index >= 15 is 0 Å². The van der Waals surface area contributed by atoms with E-state index in [0.29, 0.717) is 29.8 Å². The van der Waals surface area contributed by atoms with Gasteiger partial charge >= 0.3 is 0 Å². The van der Waals surface area contributed by atoms with Crippen molar-refractivity contribution in [3.63, 3.8) is 0 Å². The summed E-state index contributed by atoms with van der Waals surface area (Å²) in [6.45, 7) is 10.8. The van der Waals surface area contributed by atoms with Crippen LogP contribution in [0.2, 0.25) is 0 Å². The fraction of sp³-hybridized carbons (Fsp3) is 0.333. The molecule has 3 rings (SSSR count). The van der Waals surface area contributed by atoms with Crippen molar-refractivity contribution < 1.29 is 18.3 Å². The van der Waals surface area contributed by atoms with Gasteiger partial charge in [-0.05, 0) is 74.7 Å². The molecule has 1 atom stereocenters. The number of amides is 1. The number of anilines is 3. The van der Waals surface area contributed by atoms with Gasteiger partial charge in [-0.25, -0.2) is 13.8 Å². The Bertz CT molecular complexity index is 1220. The average molecular weight is 538 g/mol. The number of alkyl halides is 1. The molecule has 1 amide bonds.